The Morgan fingerprint density at radius 2 is 1.58 bits per heavy atom. The predicted molar refractivity (Wildman–Crippen MR) is 112 cm³/mol. The molecule has 5 aromatic rings. The summed E-state index contributed by atoms with van der Waals surface area (Å²) in [6, 6.07) is 23.6. The van der Waals surface area contributed by atoms with Crippen molar-refractivity contribution in [3.05, 3.63) is 72.6 Å². The Morgan fingerprint density at radius 3 is 2.42 bits per heavy atom. The van der Waals surface area contributed by atoms with E-state index in [2.05, 4.69) is 80.6 Å². The van der Waals surface area contributed by atoms with E-state index in [0.29, 0.717) is 0 Å². The van der Waals surface area contributed by atoms with Crippen molar-refractivity contribution in [3.63, 3.8) is 0 Å². The van der Waals surface area contributed by atoms with Gasteiger partial charge in [-0.05, 0) is 22.9 Å². The number of fused-ring (bicyclic) bond motifs is 4. The Balaban J connectivity index is 1.87. The number of thiophene rings is 1. The summed E-state index contributed by atoms with van der Waals surface area (Å²) in [7, 11) is 0. The van der Waals surface area contributed by atoms with Gasteiger partial charge < -0.3 is 0 Å². The molecular formula is C23H18N2S. The maximum absolute atomic E-state index is 4.97. The Morgan fingerprint density at radius 1 is 0.808 bits per heavy atom. The number of benzene rings is 3. The molecule has 2 heterocycles. The summed E-state index contributed by atoms with van der Waals surface area (Å²) in [6.45, 7) is 4.31. The molecule has 0 radical (unpaired) electrons. The first-order chi connectivity index (χ1) is 12.7. The molecule has 0 saturated heterocycles. The van der Waals surface area contributed by atoms with E-state index >= 15 is 0 Å². The van der Waals surface area contributed by atoms with E-state index < -0.39 is 0 Å². The Hall–Kier alpha value is -2.78. The minimum absolute atomic E-state index is 0.289. The molecule has 126 valence electrons. The molecule has 0 amide bonds. The molecule has 5 rings (SSSR count). The summed E-state index contributed by atoms with van der Waals surface area (Å²) < 4.78 is 2.44. The molecule has 0 N–H and O–H groups in total. The predicted octanol–water partition coefficient (Wildman–Crippen LogP) is 6.79. The number of nitrogens with zero attached hydrogens (tertiary/aromatic N) is 2. The third kappa shape index (κ3) is 2.39. The van der Waals surface area contributed by atoms with Crippen LogP contribution in [0.1, 0.15) is 25.6 Å². The van der Waals surface area contributed by atoms with E-state index in [1.165, 1.54) is 25.6 Å². The van der Waals surface area contributed by atoms with Gasteiger partial charge in [0.15, 0.2) is 0 Å². The van der Waals surface area contributed by atoms with Crippen molar-refractivity contribution in [2.75, 3.05) is 0 Å². The minimum Gasteiger partial charge on any atom is -0.231 e. The van der Waals surface area contributed by atoms with Crippen LogP contribution in [0, 0.1) is 0 Å². The van der Waals surface area contributed by atoms with Crippen LogP contribution in [-0.2, 0) is 0 Å². The van der Waals surface area contributed by atoms with Crippen LogP contribution in [0.4, 0.5) is 0 Å². The van der Waals surface area contributed by atoms with Crippen LogP contribution in [0.5, 0.6) is 0 Å². The second kappa shape index (κ2) is 5.89. The van der Waals surface area contributed by atoms with Crippen LogP contribution in [0.25, 0.3) is 42.3 Å². The smallest absolute Gasteiger partial charge is 0.132 e. The van der Waals surface area contributed by atoms with Gasteiger partial charge in [-0.3, -0.25) is 0 Å². The number of hydrogen-bond donors (Lipinski definition) is 0. The van der Waals surface area contributed by atoms with Gasteiger partial charge in [0, 0.05) is 21.6 Å². The van der Waals surface area contributed by atoms with E-state index in [-0.39, 0.29) is 5.92 Å². The fourth-order valence-corrected chi connectivity index (χ4v) is 4.55. The summed E-state index contributed by atoms with van der Waals surface area (Å²) in [5.41, 5.74) is 3.28. The van der Waals surface area contributed by atoms with Crippen molar-refractivity contribution in [2.24, 2.45) is 0 Å². The third-order valence-electron chi connectivity index (χ3n) is 4.78. The molecule has 3 aromatic carbocycles. The van der Waals surface area contributed by atoms with Crippen molar-refractivity contribution < 1.29 is 0 Å². The van der Waals surface area contributed by atoms with Gasteiger partial charge in [-0.2, -0.15) is 0 Å². The second-order valence-corrected chi connectivity index (χ2v) is 7.98. The number of rotatable bonds is 2. The van der Waals surface area contributed by atoms with E-state index in [1.54, 1.807) is 11.3 Å². The van der Waals surface area contributed by atoms with E-state index in [0.717, 1.165) is 22.6 Å². The third-order valence-corrected chi connectivity index (χ3v) is 5.94. The zero-order valence-electron chi connectivity index (χ0n) is 14.7. The molecule has 3 heteroatoms. The SMILES string of the molecule is CC(C)c1nc(-c2ccc3ccccc3c2)c2sc3ccccc3c2n1. The molecule has 2 nitrogen and oxygen atoms in total. The van der Waals surface area contributed by atoms with Crippen LogP contribution >= 0.6 is 11.3 Å². The highest BCUT2D eigenvalue weighted by Gasteiger charge is 2.16. The molecule has 0 atom stereocenters. The van der Waals surface area contributed by atoms with Gasteiger partial charge in [-0.25, -0.2) is 9.97 Å². The monoisotopic (exact) mass is 354 g/mol. The van der Waals surface area contributed by atoms with Crippen molar-refractivity contribution in [1.82, 2.24) is 9.97 Å². The Kier molecular flexibility index (Phi) is 3.50. The summed E-state index contributed by atoms with van der Waals surface area (Å²) in [5, 5.41) is 3.71. The van der Waals surface area contributed by atoms with E-state index in [9.17, 15) is 0 Å². The molecule has 0 bridgehead atoms. The first kappa shape index (κ1) is 15.5. The zero-order valence-corrected chi connectivity index (χ0v) is 15.5. The number of hydrogen-bond acceptors (Lipinski definition) is 3. The summed E-state index contributed by atoms with van der Waals surface area (Å²) in [5.74, 6) is 1.20. The van der Waals surface area contributed by atoms with Gasteiger partial charge in [0.05, 0.1) is 15.9 Å². The van der Waals surface area contributed by atoms with Crippen molar-refractivity contribution >= 4 is 42.4 Å². The molecule has 0 unspecified atom stereocenters. The average molecular weight is 354 g/mol. The second-order valence-electron chi connectivity index (χ2n) is 6.92. The van der Waals surface area contributed by atoms with Crippen LogP contribution in [0.2, 0.25) is 0 Å². The first-order valence-corrected chi connectivity index (χ1v) is 9.71. The Bertz CT molecular complexity index is 1270. The lowest BCUT2D eigenvalue weighted by molar-refractivity contribution is 0.785. The lowest BCUT2D eigenvalue weighted by Crippen LogP contribution is -1.99. The molecule has 0 aliphatic heterocycles. The van der Waals surface area contributed by atoms with Crippen LogP contribution in [0.3, 0.4) is 0 Å². The maximum Gasteiger partial charge on any atom is 0.132 e. The topological polar surface area (TPSA) is 25.8 Å². The van der Waals surface area contributed by atoms with Gasteiger partial charge in [-0.15, -0.1) is 11.3 Å². The Labute approximate surface area is 156 Å². The average Bonchev–Trinajstić information content (AvgIpc) is 3.05. The first-order valence-electron chi connectivity index (χ1n) is 8.89. The normalized spacial score (nSPS) is 11.8. The zero-order chi connectivity index (χ0) is 17.7. The van der Waals surface area contributed by atoms with Gasteiger partial charge in [-0.1, -0.05) is 68.4 Å². The van der Waals surface area contributed by atoms with Crippen molar-refractivity contribution in [1.29, 1.82) is 0 Å². The summed E-state index contributed by atoms with van der Waals surface area (Å²) in [6.07, 6.45) is 0. The van der Waals surface area contributed by atoms with Crippen LogP contribution < -0.4 is 0 Å². The quantitative estimate of drug-likeness (QED) is 0.349. The van der Waals surface area contributed by atoms with Gasteiger partial charge in [0.25, 0.3) is 0 Å². The van der Waals surface area contributed by atoms with Crippen LogP contribution in [-0.4, -0.2) is 9.97 Å². The minimum atomic E-state index is 0.289. The largest absolute Gasteiger partial charge is 0.231 e. The number of aromatic nitrogens is 2. The highest BCUT2D eigenvalue weighted by molar-refractivity contribution is 7.26. The molecule has 0 aliphatic carbocycles. The maximum atomic E-state index is 4.97. The molecule has 0 aliphatic rings. The highest BCUT2D eigenvalue weighted by atomic mass is 32.1. The highest BCUT2D eigenvalue weighted by Crippen LogP contribution is 2.39. The molecule has 26 heavy (non-hydrogen) atoms. The molecule has 0 saturated carbocycles. The lowest BCUT2D eigenvalue weighted by atomic mass is 10.0. The molecule has 2 aromatic heterocycles. The van der Waals surface area contributed by atoms with Crippen molar-refractivity contribution in [3.8, 4) is 11.3 Å². The van der Waals surface area contributed by atoms with Crippen LogP contribution in [0.15, 0.2) is 66.7 Å². The summed E-state index contributed by atoms with van der Waals surface area (Å²) in [4.78, 5) is 9.88. The van der Waals surface area contributed by atoms with Gasteiger partial charge in [0.2, 0.25) is 0 Å². The van der Waals surface area contributed by atoms with E-state index in [1.807, 2.05) is 0 Å². The molecular weight excluding hydrogens is 336 g/mol. The fourth-order valence-electron chi connectivity index (χ4n) is 3.40. The van der Waals surface area contributed by atoms with Crippen molar-refractivity contribution in [2.45, 2.75) is 19.8 Å². The fraction of sp³-hybridized carbons (Fsp3) is 0.130. The summed E-state index contributed by atoms with van der Waals surface area (Å²) >= 11 is 1.78. The van der Waals surface area contributed by atoms with E-state index in [4.69, 9.17) is 9.97 Å². The van der Waals surface area contributed by atoms with Gasteiger partial charge >= 0.3 is 0 Å². The molecule has 0 fully saturated rings. The lowest BCUT2D eigenvalue weighted by Gasteiger charge is -2.09. The standard InChI is InChI=1S/C23H18N2S/c1-14(2)23-24-20(17-12-11-15-7-3-4-8-16(15)13-17)22-21(25-23)18-9-5-6-10-19(18)26-22/h3-14H,1-2H3. The molecule has 0 spiro atoms. The van der Waals surface area contributed by atoms with Gasteiger partial charge in [0.1, 0.15) is 5.82 Å².